The summed E-state index contributed by atoms with van der Waals surface area (Å²) in [6.45, 7) is 7.25. The molecule has 0 rings (SSSR count). The van der Waals surface area contributed by atoms with Gasteiger partial charge in [-0.25, -0.2) is 0 Å². The molecule has 0 aromatic rings. The minimum Gasteiger partial charge on any atom is -0.294 e. The van der Waals surface area contributed by atoms with E-state index >= 15 is 0 Å². The molecule has 0 saturated carbocycles. The Balaban J connectivity index is 4.41. The molecule has 0 fully saturated rings. The zero-order valence-corrected chi connectivity index (χ0v) is 8.77. The summed E-state index contributed by atoms with van der Waals surface area (Å²) in [7, 11) is -3.96. The van der Waals surface area contributed by atoms with Crippen LogP contribution in [0.5, 0.6) is 0 Å². The topological polar surface area (TPSA) is 66.4 Å². The van der Waals surface area contributed by atoms with E-state index in [0.717, 1.165) is 0 Å². The van der Waals surface area contributed by atoms with Crippen molar-refractivity contribution in [3.8, 4) is 0 Å². The molecule has 0 saturated heterocycles. The number of nitrogens with one attached hydrogen (secondary N) is 1. The van der Waals surface area contributed by atoms with Gasteiger partial charge in [0.2, 0.25) is 0 Å². The Morgan fingerprint density at radius 1 is 1.42 bits per heavy atom. The second-order valence-electron chi connectivity index (χ2n) is 3.81. The van der Waals surface area contributed by atoms with Gasteiger partial charge in [0.1, 0.15) is 5.37 Å². The minimum absolute atomic E-state index is 0.309. The van der Waals surface area contributed by atoms with Gasteiger partial charge in [-0.3, -0.25) is 9.87 Å². The summed E-state index contributed by atoms with van der Waals surface area (Å²) in [5.74, 6) is 0. The van der Waals surface area contributed by atoms with Crippen LogP contribution >= 0.6 is 0 Å². The van der Waals surface area contributed by atoms with Crippen LogP contribution in [0, 0.1) is 0 Å². The summed E-state index contributed by atoms with van der Waals surface area (Å²) in [5, 5.41) is 1.94. The molecular formula is C7H17NO3S. The predicted octanol–water partition coefficient (Wildman–Crippen LogP) is 0.998. The fourth-order valence-corrected chi connectivity index (χ4v) is 1.79. The minimum atomic E-state index is -3.96. The van der Waals surface area contributed by atoms with Crippen molar-refractivity contribution in [2.24, 2.45) is 0 Å². The Hall–Kier alpha value is -0.130. The van der Waals surface area contributed by atoms with Crippen molar-refractivity contribution >= 4 is 10.1 Å². The average Bonchev–Trinajstić information content (AvgIpc) is 1.78. The number of hydrogen-bond acceptors (Lipinski definition) is 3. The van der Waals surface area contributed by atoms with Gasteiger partial charge in [-0.2, -0.15) is 8.42 Å². The number of hydrogen-bond donors (Lipinski definition) is 2. The highest BCUT2D eigenvalue weighted by atomic mass is 32.2. The maximum atomic E-state index is 10.7. The SMILES string of the molecule is CCC(NC(C)(C)C)S(=O)(=O)O. The highest BCUT2D eigenvalue weighted by Gasteiger charge is 2.25. The second kappa shape index (κ2) is 3.72. The lowest BCUT2D eigenvalue weighted by Gasteiger charge is -2.25. The molecule has 0 spiro atoms. The highest BCUT2D eigenvalue weighted by molar-refractivity contribution is 7.86. The van der Waals surface area contributed by atoms with E-state index in [1.807, 2.05) is 20.8 Å². The van der Waals surface area contributed by atoms with E-state index in [4.69, 9.17) is 4.55 Å². The fourth-order valence-electron chi connectivity index (χ4n) is 0.870. The van der Waals surface area contributed by atoms with Crippen molar-refractivity contribution in [3.63, 3.8) is 0 Å². The first-order valence-electron chi connectivity index (χ1n) is 3.91. The van der Waals surface area contributed by atoms with Crippen LogP contribution in [-0.2, 0) is 10.1 Å². The third-order valence-electron chi connectivity index (χ3n) is 1.32. The lowest BCUT2D eigenvalue weighted by molar-refractivity contribution is 0.372. The molecule has 1 atom stereocenters. The first kappa shape index (κ1) is 11.9. The first-order chi connectivity index (χ1) is 5.17. The molecule has 0 radical (unpaired) electrons. The summed E-state index contributed by atoms with van der Waals surface area (Å²) in [5.41, 5.74) is -0.309. The van der Waals surface area contributed by atoms with Gasteiger partial charge in [0.25, 0.3) is 10.1 Å². The lowest BCUT2D eigenvalue weighted by Crippen LogP contribution is -2.47. The van der Waals surface area contributed by atoms with Crippen molar-refractivity contribution in [2.75, 3.05) is 0 Å². The van der Waals surface area contributed by atoms with Gasteiger partial charge in [0, 0.05) is 5.54 Å². The monoisotopic (exact) mass is 195 g/mol. The van der Waals surface area contributed by atoms with Crippen molar-refractivity contribution in [1.29, 1.82) is 0 Å². The molecule has 0 amide bonds. The van der Waals surface area contributed by atoms with E-state index in [0.29, 0.717) is 6.42 Å². The van der Waals surface area contributed by atoms with Crippen LogP contribution in [0.25, 0.3) is 0 Å². The van der Waals surface area contributed by atoms with Crippen LogP contribution in [0.2, 0.25) is 0 Å². The Labute approximate surface area is 74.1 Å². The van der Waals surface area contributed by atoms with Crippen LogP contribution in [0.1, 0.15) is 34.1 Å². The summed E-state index contributed by atoms with van der Waals surface area (Å²) in [4.78, 5) is 0. The molecule has 0 aromatic carbocycles. The van der Waals surface area contributed by atoms with Gasteiger partial charge in [-0.15, -0.1) is 0 Å². The molecule has 12 heavy (non-hydrogen) atoms. The summed E-state index contributed by atoms with van der Waals surface area (Å²) < 4.78 is 30.2. The van der Waals surface area contributed by atoms with E-state index in [2.05, 4.69) is 5.32 Å². The molecular weight excluding hydrogens is 178 g/mol. The zero-order chi connectivity index (χ0) is 9.99. The lowest BCUT2D eigenvalue weighted by atomic mass is 10.1. The Bertz CT molecular complexity index is 228. The third kappa shape index (κ3) is 4.69. The van der Waals surface area contributed by atoms with E-state index in [9.17, 15) is 8.42 Å². The van der Waals surface area contributed by atoms with E-state index in [1.165, 1.54) is 0 Å². The van der Waals surface area contributed by atoms with Crippen molar-refractivity contribution in [2.45, 2.75) is 45.0 Å². The maximum Gasteiger partial charge on any atom is 0.281 e. The van der Waals surface area contributed by atoms with Gasteiger partial charge in [-0.1, -0.05) is 6.92 Å². The molecule has 0 aliphatic heterocycles. The van der Waals surface area contributed by atoms with Crippen molar-refractivity contribution in [1.82, 2.24) is 5.32 Å². The summed E-state index contributed by atoms with van der Waals surface area (Å²) in [6.07, 6.45) is 0.357. The van der Waals surface area contributed by atoms with Gasteiger partial charge >= 0.3 is 0 Å². The molecule has 74 valence electrons. The second-order valence-corrected chi connectivity index (χ2v) is 5.41. The van der Waals surface area contributed by atoms with Gasteiger partial charge < -0.3 is 0 Å². The molecule has 0 aromatic heterocycles. The van der Waals surface area contributed by atoms with Crippen LogP contribution in [0.4, 0.5) is 0 Å². The van der Waals surface area contributed by atoms with Gasteiger partial charge in [0.15, 0.2) is 0 Å². The zero-order valence-electron chi connectivity index (χ0n) is 7.96. The van der Waals surface area contributed by atoms with E-state index in [1.54, 1.807) is 6.92 Å². The molecule has 0 aliphatic carbocycles. The van der Waals surface area contributed by atoms with Crippen LogP contribution in [-0.4, -0.2) is 23.9 Å². The van der Waals surface area contributed by atoms with E-state index in [-0.39, 0.29) is 5.54 Å². The van der Waals surface area contributed by atoms with Crippen molar-refractivity contribution in [3.05, 3.63) is 0 Å². The smallest absolute Gasteiger partial charge is 0.281 e. The molecule has 5 heteroatoms. The van der Waals surface area contributed by atoms with Gasteiger partial charge in [0.05, 0.1) is 0 Å². The highest BCUT2D eigenvalue weighted by Crippen LogP contribution is 2.07. The molecule has 1 unspecified atom stereocenters. The van der Waals surface area contributed by atoms with Crippen LogP contribution in [0.3, 0.4) is 0 Å². The Morgan fingerprint density at radius 2 is 1.83 bits per heavy atom. The largest absolute Gasteiger partial charge is 0.294 e. The van der Waals surface area contributed by atoms with Crippen molar-refractivity contribution < 1.29 is 13.0 Å². The van der Waals surface area contributed by atoms with E-state index < -0.39 is 15.5 Å². The summed E-state index contributed by atoms with van der Waals surface area (Å²) >= 11 is 0. The first-order valence-corrected chi connectivity index (χ1v) is 5.41. The fraction of sp³-hybridized carbons (Fsp3) is 1.00. The molecule has 0 aliphatic rings. The Kier molecular flexibility index (Phi) is 3.68. The predicted molar refractivity (Wildman–Crippen MR) is 48.5 cm³/mol. The average molecular weight is 195 g/mol. The molecule has 0 bridgehead atoms. The normalized spacial score (nSPS) is 16.1. The molecule has 0 heterocycles. The summed E-state index contributed by atoms with van der Waals surface area (Å²) in [6, 6.07) is 0. The number of rotatable bonds is 3. The standard InChI is InChI=1S/C7H17NO3S/c1-5-6(12(9,10)11)8-7(2,3)4/h6,8H,5H2,1-4H3,(H,9,10,11). The van der Waals surface area contributed by atoms with Gasteiger partial charge in [-0.05, 0) is 27.2 Å². The van der Waals surface area contributed by atoms with Crippen LogP contribution < -0.4 is 5.32 Å². The van der Waals surface area contributed by atoms with Crippen LogP contribution in [0.15, 0.2) is 0 Å². The quantitative estimate of drug-likeness (QED) is 0.659. The Morgan fingerprint density at radius 3 is 1.92 bits per heavy atom. The maximum absolute atomic E-state index is 10.7. The third-order valence-corrected chi connectivity index (χ3v) is 2.49. The molecule has 2 N–H and O–H groups in total. The molecule has 4 nitrogen and oxygen atoms in total.